The third-order valence-electron chi connectivity index (χ3n) is 14.6. The number of nitrogens with zero attached hydrogens (tertiary/aromatic N) is 6. The number of hydrogen-bond acceptors (Lipinski definition) is 10. The Morgan fingerprint density at radius 2 is 0.525 bits per heavy atom. The molecule has 0 aliphatic carbocycles. The van der Waals surface area contributed by atoms with Crippen LogP contribution < -0.4 is 32.1 Å². The standard InChI is InChI=1S/C38H66N6S2.C24H20B.2CH3O.2Ni.2O.V/c1-37(2,3)33-21-29-25-41(9)17-13-39(7)15-19-43(11)27-31-23-34(38(4,5)6)24-32(36(31)46)28-44(12)20-16-40(8)14-18-42(10)26-30(22-33)35(29)45;1-5-13-21(14-6-1)25(22-15-7-2-8-16-22,23-17-9-3-10-18-23)24-19-11-4-12-20-24;2*1-2;;;;;/h21-24,45-46H,13-20,25-28H2,1-12H3;1-20H;2*1H3;;;;;/q;3*-1;2*+3;2*-2;/p-2. The van der Waals surface area contributed by atoms with Crippen LogP contribution in [0.1, 0.15) is 74.9 Å². The molecular formula is C64H90BN6Ni2O4S2V-3. The number of fused-ring (bicyclic) bond motifs is 4. The Kier molecular flexibility index (Phi) is 38.3. The summed E-state index contributed by atoms with van der Waals surface area (Å²) in [6, 6.07) is 53.0. The second-order valence-electron chi connectivity index (χ2n) is 22.8. The number of rotatable bonds is 4. The molecule has 0 fully saturated rings. The van der Waals surface area contributed by atoms with E-state index in [1.807, 2.05) is 0 Å². The van der Waals surface area contributed by atoms with Crippen LogP contribution in [0, 0.1) is 0 Å². The van der Waals surface area contributed by atoms with Gasteiger partial charge in [-0.1, -0.05) is 209 Å². The fourth-order valence-corrected chi connectivity index (χ4v) is 10.5. The van der Waals surface area contributed by atoms with E-state index in [9.17, 15) is 0 Å². The summed E-state index contributed by atoms with van der Waals surface area (Å²) in [5, 5.41) is 16.5. The Labute approximate surface area is 527 Å². The summed E-state index contributed by atoms with van der Waals surface area (Å²) in [5.74, 6) is 0. The van der Waals surface area contributed by atoms with Crippen molar-refractivity contribution in [1.82, 2.24) is 29.4 Å². The summed E-state index contributed by atoms with van der Waals surface area (Å²) >= 11 is 12.3. The molecule has 4 bridgehead atoms. The number of hydrogen-bond donors (Lipinski definition) is 0. The summed E-state index contributed by atoms with van der Waals surface area (Å²) in [5.41, 5.74) is 13.4. The predicted octanol–water partition coefficient (Wildman–Crippen LogP) is 6.17. The van der Waals surface area contributed by atoms with Crippen LogP contribution in [-0.2, 0) is 125 Å². The summed E-state index contributed by atoms with van der Waals surface area (Å²) in [4.78, 5) is 16.7. The van der Waals surface area contributed by atoms with Gasteiger partial charge in [0, 0.05) is 97.1 Å². The molecule has 10 nitrogen and oxygen atoms in total. The molecule has 0 atom stereocenters. The van der Waals surface area contributed by atoms with E-state index in [1.54, 1.807) is 0 Å². The molecule has 16 heteroatoms. The number of likely N-dealkylation sites (N-methyl/N-ethyl adjacent to an activating group) is 6. The van der Waals surface area contributed by atoms with E-state index in [1.165, 1.54) is 55.2 Å². The SMILES string of the molecule is CN1CCN(C)Cc2cc(C(C)(C)C)cc(c2[S-])CN(C)CCN(C)CCN(C)Cc2cc(C(C)(C)C)cc(c2[S-])CN(C)CC1.C[O-].C[O-].[Ni+3].[Ni+3].[O-2].[O-2].[V].c1ccc([B-](c2ccccc2)(c2ccccc2)c2ccccc2)cc1. The maximum absolute atomic E-state index is 8.25. The Hall–Kier alpha value is -3.00. The summed E-state index contributed by atoms with van der Waals surface area (Å²) < 4.78 is 0. The monoisotopic (exact) mass is 1250 g/mol. The quantitative estimate of drug-likeness (QED) is 0.150. The molecule has 7 rings (SSSR count). The van der Waals surface area contributed by atoms with Gasteiger partial charge in [0.15, 0.2) is 0 Å². The van der Waals surface area contributed by atoms with E-state index in [4.69, 9.17) is 35.5 Å². The molecule has 0 amide bonds. The molecular weight excluding hydrogens is 1160 g/mol. The van der Waals surface area contributed by atoms with Crippen LogP contribution in [0.2, 0.25) is 0 Å². The van der Waals surface area contributed by atoms with Gasteiger partial charge in [-0.25, -0.2) is 0 Å². The van der Waals surface area contributed by atoms with E-state index in [2.05, 4.69) is 259 Å². The van der Waals surface area contributed by atoms with Crippen molar-refractivity contribution < 1.29 is 72.7 Å². The maximum atomic E-state index is 8.25. The van der Waals surface area contributed by atoms with Gasteiger partial charge < -0.3 is 75.8 Å². The van der Waals surface area contributed by atoms with E-state index in [-0.39, 0.29) is 73.3 Å². The first-order chi connectivity index (χ1) is 35.7. The minimum absolute atomic E-state index is 0. The van der Waals surface area contributed by atoms with Gasteiger partial charge >= 0.3 is 33.0 Å². The molecule has 6 aromatic rings. The molecule has 80 heavy (non-hydrogen) atoms. The van der Waals surface area contributed by atoms with Crippen LogP contribution in [0.5, 0.6) is 0 Å². The first-order valence-corrected chi connectivity index (χ1v) is 27.5. The average molecular weight is 1250 g/mol. The van der Waals surface area contributed by atoms with Gasteiger partial charge in [0.05, 0.1) is 0 Å². The molecule has 0 N–H and O–H groups in total. The minimum Gasteiger partial charge on any atom is -2.00 e. The zero-order chi connectivity index (χ0) is 55.3. The van der Waals surface area contributed by atoms with Gasteiger partial charge in [0.1, 0.15) is 6.15 Å². The van der Waals surface area contributed by atoms with Gasteiger partial charge in [-0.2, -0.15) is 45.9 Å². The van der Waals surface area contributed by atoms with Crippen molar-refractivity contribution in [3.8, 4) is 0 Å². The van der Waals surface area contributed by atoms with Crippen molar-refractivity contribution in [1.29, 1.82) is 0 Å². The van der Waals surface area contributed by atoms with Crippen molar-refractivity contribution in [2.75, 3.05) is 109 Å². The molecule has 0 aromatic heterocycles. The molecule has 0 saturated carbocycles. The van der Waals surface area contributed by atoms with Crippen molar-refractivity contribution in [3.63, 3.8) is 0 Å². The van der Waals surface area contributed by atoms with Crippen LogP contribution in [0.3, 0.4) is 0 Å². The smallest absolute Gasteiger partial charge is 2.00 e. The minimum atomic E-state index is -1.22. The molecule has 0 unspecified atom stereocenters. The molecule has 1 aliphatic rings. The molecule has 1 aliphatic heterocycles. The van der Waals surface area contributed by atoms with E-state index < -0.39 is 6.15 Å². The van der Waals surface area contributed by atoms with Crippen molar-refractivity contribution >= 4 is 53.3 Å². The zero-order valence-corrected chi connectivity index (χ0v) is 55.1. The fraction of sp³-hybridized carbons (Fsp3) is 0.438. The Morgan fingerprint density at radius 3 is 0.700 bits per heavy atom. The third kappa shape index (κ3) is 23.2. The average Bonchev–Trinajstić information content (AvgIpc) is 3.40. The first kappa shape index (κ1) is 79.1. The summed E-state index contributed by atoms with van der Waals surface area (Å²) in [6.07, 6.45) is -1.22. The summed E-state index contributed by atoms with van der Waals surface area (Å²) in [6.45, 7) is 25.4. The molecule has 443 valence electrons. The van der Waals surface area contributed by atoms with Gasteiger partial charge in [0.2, 0.25) is 0 Å². The predicted molar refractivity (Wildman–Crippen MR) is 325 cm³/mol. The van der Waals surface area contributed by atoms with Crippen LogP contribution in [-0.4, -0.2) is 144 Å². The van der Waals surface area contributed by atoms with Gasteiger partial charge in [0.25, 0.3) is 0 Å². The van der Waals surface area contributed by atoms with Crippen LogP contribution in [0.15, 0.2) is 155 Å². The molecule has 3 radical (unpaired) electrons. The third-order valence-corrected chi connectivity index (χ3v) is 15.7. The Morgan fingerprint density at radius 1 is 0.350 bits per heavy atom. The molecule has 6 aromatic carbocycles. The molecule has 1 heterocycles. The van der Waals surface area contributed by atoms with Crippen molar-refractivity contribution in [2.45, 2.75) is 88.3 Å². The van der Waals surface area contributed by atoms with Crippen LogP contribution in [0.25, 0.3) is 0 Å². The van der Waals surface area contributed by atoms with Gasteiger partial charge in [-0.15, -0.1) is 0 Å². The summed E-state index contributed by atoms with van der Waals surface area (Å²) in [7, 11) is 14.9. The Balaban J connectivity index is 0. The van der Waals surface area contributed by atoms with E-state index in [0.717, 1.165) is 103 Å². The van der Waals surface area contributed by atoms with Gasteiger partial charge in [-0.3, -0.25) is 0 Å². The largest absolute Gasteiger partial charge is 3.00 e. The topological polar surface area (TPSA) is 123 Å². The zero-order valence-electron chi connectivity index (χ0n) is 50.1. The second-order valence-corrected chi connectivity index (χ2v) is 23.6. The first-order valence-electron chi connectivity index (χ1n) is 26.7. The van der Waals surface area contributed by atoms with Crippen molar-refractivity contribution in [3.05, 3.63) is 179 Å². The second kappa shape index (κ2) is 38.8. The fourth-order valence-electron chi connectivity index (χ4n) is 10.0. The van der Waals surface area contributed by atoms with E-state index in [0.29, 0.717) is 0 Å². The molecule has 0 saturated heterocycles. The van der Waals surface area contributed by atoms with Crippen LogP contribution >= 0.6 is 0 Å². The normalized spacial score (nSPS) is 15.2. The Bertz CT molecular complexity index is 2250. The van der Waals surface area contributed by atoms with Crippen molar-refractivity contribution in [2.24, 2.45) is 0 Å². The number of benzene rings is 6. The van der Waals surface area contributed by atoms with Gasteiger partial charge in [-0.05, 0) is 64.2 Å². The maximum Gasteiger partial charge on any atom is 3.00 e. The van der Waals surface area contributed by atoms with Crippen LogP contribution in [0.4, 0.5) is 0 Å². The van der Waals surface area contributed by atoms with E-state index >= 15 is 0 Å². The molecule has 0 spiro atoms.